The quantitative estimate of drug-likeness (QED) is 0.787. The van der Waals surface area contributed by atoms with E-state index in [1.165, 1.54) is 24.3 Å². The zero-order chi connectivity index (χ0) is 20.2. The summed E-state index contributed by atoms with van der Waals surface area (Å²) >= 11 is 0. The Balaban J connectivity index is 1.30. The molecule has 0 aromatic heterocycles. The molecule has 2 aromatic rings. The molecule has 0 aliphatic carbocycles. The van der Waals surface area contributed by atoms with Crippen LogP contribution in [0, 0.1) is 17.6 Å². The third-order valence-corrected chi connectivity index (χ3v) is 5.96. The van der Waals surface area contributed by atoms with E-state index in [-0.39, 0.29) is 23.5 Å². The number of anilines is 1. The summed E-state index contributed by atoms with van der Waals surface area (Å²) in [5, 5.41) is 0. The molecule has 2 aromatic carbocycles. The lowest BCUT2D eigenvalue weighted by Crippen LogP contribution is -2.52. The smallest absolute Gasteiger partial charge is 0.227 e. The minimum absolute atomic E-state index is 0.0292. The van der Waals surface area contributed by atoms with Crippen molar-refractivity contribution in [1.82, 2.24) is 9.80 Å². The molecule has 0 saturated carbocycles. The number of carbonyl (C=O) groups is 1. The molecule has 1 amide bonds. The topological polar surface area (TPSA) is 26.8 Å². The lowest BCUT2D eigenvalue weighted by molar-refractivity contribution is -0.137. The summed E-state index contributed by atoms with van der Waals surface area (Å²) in [5.41, 5.74) is 2.08. The van der Waals surface area contributed by atoms with Gasteiger partial charge >= 0.3 is 0 Å². The van der Waals surface area contributed by atoms with Crippen LogP contribution < -0.4 is 4.90 Å². The number of halogens is 2. The summed E-state index contributed by atoms with van der Waals surface area (Å²) in [6.07, 6.45) is 1.93. The summed E-state index contributed by atoms with van der Waals surface area (Å²) in [6, 6.07) is 13.1. The molecule has 0 N–H and O–H groups in total. The summed E-state index contributed by atoms with van der Waals surface area (Å²) in [5.74, 6) is -0.181. The summed E-state index contributed by atoms with van der Waals surface area (Å²) in [4.78, 5) is 19.5. The van der Waals surface area contributed by atoms with Crippen LogP contribution in [-0.2, 0) is 11.3 Å². The van der Waals surface area contributed by atoms with Crippen molar-refractivity contribution in [3.05, 3.63) is 65.7 Å². The third-order valence-electron chi connectivity index (χ3n) is 5.96. The van der Waals surface area contributed by atoms with Crippen LogP contribution in [0.2, 0.25) is 0 Å². The van der Waals surface area contributed by atoms with E-state index in [4.69, 9.17) is 0 Å². The monoisotopic (exact) mass is 399 g/mol. The normalized spacial score (nSPS) is 20.7. The molecular formula is C23H27F2N3O. The van der Waals surface area contributed by atoms with Crippen molar-refractivity contribution in [1.29, 1.82) is 0 Å². The predicted molar refractivity (Wildman–Crippen MR) is 110 cm³/mol. The van der Waals surface area contributed by atoms with Gasteiger partial charge in [0.15, 0.2) is 0 Å². The summed E-state index contributed by atoms with van der Waals surface area (Å²) in [6.45, 7) is 5.42. The van der Waals surface area contributed by atoms with Crippen LogP contribution in [0.25, 0.3) is 0 Å². The average Bonchev–Trinajstić information content (AvgIpc) is 2.76. The van der Waals surface area contributed by atoms with Crippen molar-refractivity contribution in [2.75, 3.05) is 44.2 Å². The van der Waals surface area contributed by atoms with Gasteiger partial charge in [0.1, 0.15) is 11.6 Å². The third kappa shape index (κ3) is 4.93. The fraction of sp³-hybridized carbons (Fsp3) is 0.435. The van der Waals surface area contributed by atoms with Crippen LogP contribution in [0.3, 0.4) is 0 Å². The second-order valence-electron chi connectivity index (χ2n) is 7.99. The molecule has 4 nitrogen and oxygen atoms in total. The van der Waals surface area contributed by atoms with Gasteiger partial charge in [-0.1, -0.05) is 12.1 Å². The van der Waals surface area contributed by atoms with E-state index in [0.717, 1.165) is 56.8 Å². The number of hydrogen-bond acceptors (Lipinski definition) is 3. The first kappa shape index (κ1) is 19.8. The Morgan fingerprint density at radius 1 is 0.862 bits per heavy atom. The van der Waals surface area contributed by atoms with Gasteiger partial charge in [0.2, 0.25) is 5.91 Å². The van der Waals surface area contributed by atoms with Crippen molar-refractivity contribution in [2.24, 2.45) is 5.92 Å². The fourth-order valence-electron chi connectivity index (χ4n) is 4.34. The summed E-state index contributed by atoms with van der Waals surface area (Å²) < 4.78 is 26.2. The highest BCUT2D eigenvalue weighted by molar-refractivity contribution is 5.79. The van der Waals surface area contributed by atoms with Crippen LogP contribution in [-0.4, -0.2) is 55.0 Å². The van der Waals surface area contributed by atoms with Gasteiger partial charge in [0, 0.05) is 45.0 Å². The number of likely N-dealkylation sites (tertiary alicyclic amines) is 1. The van der Waals surface area contributed by atoms with Crippen molar-refractivity contribution in [3.8, 4) is 0 Å². The summed E-state index contributed by atoms with van der Waals surface area (Å²) in [7, 11) is 0. The van der Waals surface area contributed by atoms with Crippen molar-refractivity contribution in [3.63, 3.8) is 0 Å². The van der Waals surface area contributed by atoms with Gasteiger partial charge in [-0.25, -0.2) is 8.78 Å². The van der Waals surface area contributed by atoms with E-state index >= 15 is 0 Å². The average molecular weight is 399 g/mol. The van der Waals surface area contributed by atoms with Crippen LogP contribution in [0.15, 0.2) is 48.5 Å². The molecule has 154 valence electrons. The highest BCUT2D eigenvalue weighted by Gasteiger charge is 2.31. The lowest BCUT2D eigenvalue weighted by atomic mass is 9.95. The van der Waals surface area contributed by atoms with E-state index in [9.17, 15) is 13.6 Å². The van der Waals surface area contributed by atoms with Gasteiger partial charge in [-0.3, -0.25) is 9.69 Å². The first-order valence-corrected chi connectivity index (χ1v) is 10.3. The molecule has 2 heterocycles. The Morgan fingerprint density at radius 2 is 1.48 bits per heavy atom. The maximum Gasteiger partial charge on any atom is 0.227 e. The van der Waals surface area contributed by atoms with Gasteiger partial charge in [0.05, 0.1) is 5.92 Å². The number of hydrogen-bond donors (Lipinski definition) is 0. The number of nitrogens with zero attached hydrogens (tertiary/aromatic N) is 3. The Bertz CT molecular complexity index is 817. The standard InChI is InChI=1S/C23H27F2N3O/c24-20-5-3-18(4-6-20)16-26-11-1-2-19(17-26)23(29)28-14-12-27(13-15-28)22-9-7-21(25)8-10-22/h3-10,19H,1-2,11-17H2/t19-/m0/s1. The largest absolute Gasteiger partial charge is 0.368 e. The van der Waals surface area contributed by atoms with Crippen molar-refractivity contribution in [2.45, 2.75) is 19.4 Å². The minimum atomic E-state index is -0.231. The van der Waals surface area contributed by atoms with Crippen molar-refractivity contribution < 1.29 is 13.6 Å². The lowest BCUT2D eigenvalue weighted by Gasteiger charge is -2.39. The van der Waals surface area contributed by atoms with Crippen LogP contribution >= 0.6 is 0 Å². The molecule has 0 spiro atoms. The molecule has 1 atom stereocenters. The molecule has 2 saturated heterocycles. The number of benzene rings is 2. The van der Waals surface area contributed by atoms with Gasteiger partial charge in [-0.15, -0.1) is 0 Å². The predicted octanol–water partition coefficient (Wildman–Crippen LogP) is 3.53. The Hall–Kier alpha value is -2.47. The van der Waals surface area contributed by atoms with Crippen LogP contribution in [0.5, 0.6) is 0 Å². The Morgan fingerprint density at radius 3 is 2.14 bits per heavy atom. The first-order valence-electron chi connectivity index (χ1n) is 10.3. The fourth-order valence-corrected chi connectivity index (χ4v) is 4.34. The molecule has 4 rings (SSSR count). The van der Waals surface area contributed by atoms with Crippen molar-refractivity contribution >= 4 is 11.6 Å². The van der Waals surface area contributed by atoms with Gasteiger partial charge in [-0.05, 0) is 61.3 Å². The molecule has 2 aliphatic rings. The van der Waals surface area contributed by atoms with Gasteiger partial charge in [-0.2, -0.15) is 0 Å². The zero-order valence-electron chi connectivity index (χ0n) is 16.6. The van der Waals surface area contributed by atoms with Gasteiger partial charge < -0.3 is 9.80 Å². The van der Waals surface area contributed by atoms with E-state index in [2.05, 4.69) is 9.80 Å². The SMILES string of the molecule is O=C([C@H]1CCCN(Cc2ccc(F)cc2)C1)N1CCN(c2ccc(F)cc2)CC1. The molecular weight excluding hydrogens is 372 g/mol. The Kier molecular flexibility index (Phi) is 6.09. The number of carbonyl (C=O) groups excluding carboxylic acids is 1. The maximum atomic E-state index is 13.1. The van der Waals surface area contributed by atoms with E-state index in [0.29, 0.717) is 13.1 Å². The number of piperidine rings is 1. The number of rotatable bonds is 4. The second kappa shape index (κ2) is 8.91. The minimum Gasteiger partial charge on any atom is -0.368 e. The van der Waals surface area contributed by atoms with E-state index < -0.39 is 0 Å². The molecule has 0 unspecified atom stereocenters. The number of amides is 1. The zero-order valence-corrected chi connectivity index (χ0v) is 16.6. The maximum absolute atomic E-state index is 13.1. The van der Waals surface area contributed by atoms with Gasteiger partial charge in [0.25, 0.3) is 0 Å². The molecule has 0 bridgehead atoms. The van der Waals surface area contributed by atoms with Crippen LogP contribution in [0.4, 0.5) is 14.5 Å². The highest BCUT2D eigenvalue weighted by Crippen LogP contribution is 2.23. The van der Waals surface area contributed by atoms with E-state index in [1.807, 2.05) is 17.0 Å². The molecule has 6 heteroatoms. The molecule has 2 aliphatic heterocycles. The number of piperazine rings is 1. The molecule has 2 fully saturated rings. The molecule has 29 heavy (non-hydrogen) atoms. The van der Waals surface area contributed by atoms with Crippen LogP contribution in [0.1, 0.15) is 18.4 Å². The first-order chi connectivity index (χ1) is 14.1. The second-order valence-corrected chi connectivity index (χ2v) is 7.99. The van der Waals surface area contributed by atoms with E-state index in [1.54, 1.807) is 12.1 Å². The highest BCUT2D eigenvalue weighted by atomic mass is 19.1. The Labute approximate surface area is 170 Å². The molecule has 0 radical (unpaired) electrons.